The van der Waals surface area contributed by atoms with Crippen LogP contribution in [0.2, 0.25) is 0 Å². The van der Waals surface area contributed by atoms with Gasteiger partial charge in [-0.25, -0.2) is 0 Å². The lowest BCUT2D eigenvalue weighted by atomic mass is 9.93. The molecule has 1 aromatic carbocycles. The maximum Gasteiger partial charge on any atom is 0.452 e. The van der Waals surface area contributed by atoms with E-state index in [4.69, 9.17) is 5.11 Å². The number of rotatable bonds is 11. The van der Waals surface area contributed by atoms with Crippen molar-refractivity contribution in [2.75, 3.05) is 13.1 Å². The average molecular weight is 571 g/mol. The van der Waals surface area contributed by atoms with Crippen molar-refractivity contribution in [1.82, 2.24) is 20.9 Å². The summed E-state index contributed by atoms with van der Waals surface area (Å²) in [5, 5.41) is 16.1. The van der Waals surface area contributed by atoms with Crippen LogP contribution in [0.15, 0.2) is 24.3 Å². The Labute approximate surface area is 228 Å². The van der Waals surface area contributed by atoms with Crippen molar-refractivity contribution in [2.45, 2.75) is 64.8 Å². The van der Waals surface area contributed by atoms with Crippen LogP contribution in [0.5, 0.6) is 0 Å². The molecule has 1 saturated heterocycles. The lowest BCUT2D eigenvalue weighted by molar-refractivity contribution is -0.182. The summed E-state index contributed by atoms with van der Waals surface area (Å²) in [5.74, 6) is -8.91. The summed E-state index contributed by atoms with van der Waals surface area (Å²) in [6, 6.07) is 0.398. The van der Waals surface area contributed by atoms with Gasteiger partial charge in [0.2, 0.25) is 5.91 Å². The van der Waals surface area contributed by atoms with Crippen LogP contribution in [-0.2, 0) is 19.2 Å². The molecular weight excluding hydrogens is 537 g/mol. The van der Waals surface area contributed by atoms with Crippen LogP contribution >= 0.6 is 0 Å². The van der Waals surface area contributed by atoms with Crippen LogP contribution in [-0.4, -0.2) is 82.8 Å². The lowest BCUT2D eigenvalue weighted by Gasteiger charge is -2.37. The second kappa shape index (κ2) is 13.5. The van der Waals surface area contributed by atoms with Crippen molar-refractivity contribution in [2.24, 2.45) is 11.8 Å². The molecule has 0 aromatic heterocycles. The predicted molar refractivity (Wildman–Crippen MR) is 135 cm³/mol. The Balaban J connectivity index is 2.38. The Morgan fingerprint density at radius 1 is 0.975 bits per heavy atom. The maximum absolute atomic E-state index is 13.7. The number of Topliss-reactive ketones (excluding diaryl/α,β-unsaturated/α-hetero) is 1. The quantitative estimate of drug-likeness (QED) is 0.311. The molecule has 4 amide bonds. The topological polar surface area (TPSA) is 162 Å². The van der Waals surface area contributed by atoms with Gasteiger partial charge in [-0.15, -0.1) is 0 Å². The molecule has 0 radical (unpaired) electrons. The molecule has 1 fully saturated rings. The molecule has 11 nitrogen and oxygen atoms in total. The Bertz CT molecular complexity index is 1130. The first-order valence-electron chi connectivity index (χ1n) is 12.7. The standard InChI is InChI=1S/C26H33F3N4O7/c1-13(2)19(32-23(38)16-9-7-15(8-10-16)22(37)31-12-18(34)35)25(40)33(24(39)17-6-5-11-30-17)20(14(3)4)21(36)26(27,28)29/h7-10,13-14,17,19-20,30H,5-6,11-12H2,1-4H3,(H,31,37)(H,32,38)(H,34,35)/t17-,19-,20?/m0/s1. The van der Waals surface area contributed by atoms with E-state index in [0.717, 1.165) is 0 Å². The zero-order chi connectivity index (χ0) is 30.4. The molecule has 1 unspecified atom stereocenters. The fourth-order valence-corrected chi connectivity index (χ4v) is 4.25. The molecule has 2 rings (SSSR count). The van der Waals surface area contributed by atoms with E-state index in [9.17, 15) is 41.9 Å². The summed E-state index contributed by atoms with van der Waals surface area (Å²) in [6.45, 7) is 5.42. The first-order chi connectivity index (χ1) is 18.6. The molecule has 0 saturated carbocycles. The fraction of sp³-hybridized carbons (Fsp3) is 0.538. The molecule has 3 atom stereocenters. The van der Waals surface area contributed by atoms with Gasteiger partial charge in [0.05, 0.1) is 6.04 Å². The van der Waals surface area contributed by atoms with Gasteiger partial charge in [0.25, 0.3) is 23.5 Å². The zero-order valence-corrected chi connectivity index (χ0v) is 22.5. The van der Waals surface area contributed by atoms with E-state index in [-0.39, 0.29) is 17.5 Å². The van der Waals surface area contributed by atoms with Crippen molar-refractivity contribution in [1.29, 1.82) is 0 Å². The summed E-state index contributed by atoms with van der Waals surface area (Å²) in [6.07, 6.45) is -4.50. The minimum Gasteiger partial charge on any atom is -0.480 e. The molecule has 1 aromatic rings. The van der Waals surface area contributed by atoms with Crippen molar-refractivity contribution < 1.29 is 47.0 Å². The smallest absolute Gasteiger partial charge is 0.452 e. The summed E-state index contributed by atoms with van der Waals surface area (Å²) < 4.78 is 40.7. The number of imide groups is 1. The minimum absolute atomic E-state index is 0.0182. The molecular formula is C26H33F3N4O7. The van der Waals surface area contributed by atoms with Crippen molar-refractivity contribution in [3.05, 3.63) is 35.4 Å². The van der Waals surface area contributed by atoms with E-state index in [2.05, 4.69) is 16.0 Å². The first kappa shape index (κ1) is 32.4. The number of nitrogens with zero attached hydrogens (tertiary/aromatic N) is 1. The molecule has 0 bridgehead atoms. The normalized spacial score (nSPS) is 16.8. The van der Waals surface area contributed by atoms with Crippen LogP contribution in [0.4, 0.5) is 13.2 Å². The number of carboxylic acids is 1. The van der Waals surface area contributed by atoms with Crippen LogP contribution in [0, 0.1) is 11.8 Å². The average Bonchev–Trinajstić information content (AvgIpc) is 3.42. The van der Waals surface area contributed by atoms with E-state index in [1.807, 2.05) is 0 Å². The van der Waals surface area contributed by atoms with Gasteiger partial charge in [-0.05, 0) is 55.5 Å². The maximum atomic E-state index is 13.7. The number of ketones is 1. The third-order valence-electron chi connectivity index (χ3n) is 6.32. The van der Waals surface area contributed by atoms with Crippen LogP contribution in [0.1, 0.15) is 61.3 Å². The third-order valence-corrected chi connectivity index (χ3v) is 6.32. The van der Waals surface area contributed by atoms with Crippen LogP contribution < -0.4 is 16.0 Å². The van der Waals surface area contributed by atoms with Gasteiger partial charge < -0.3 is 21.1 Å². The van der Waals surface area contributed by atoms with Gasteiger partial charge in [-0.2, -0.15) is 13.2 Å². The molecule has 1 aliphatic heterocycles. The third kappa shape index (κ3) is 8.10. The number of benzene rings is 1. The molecule has 220 valence electrons. The van der Waals surface area contributed by atoms with Crippen molar-refractivity contribution in [3.63, 3.8) is 0 Å². The Morgan fingerprint density at radius 3 is 1.95 bits per heavy atom. The number of aliphatic carboxylic acids is 1. The minimum atomic E-state index is -5.31. The highest BCUT2D eigenvalue weighted by Crippen LogP contribution is 2.27. The number of carboxylic acid groups (broad SMARTS) is 1. The van der Waals surface area contributed by atoms with E-state index >= 15 is 0 Å². The fourth-order valence-electron chi connectivity index (χ4n) is 4.25. The summed E-state index contributed by atoms with van der Waals surface area (Å²) >= 11 is 0. The molecule has 1 aliphatic rings. The zero-order valence-electron chi connectivity index (χ0n) is 22.5. The molecule has 0 aliphatic carbocycles. The van der Waals surface area contributed by atoms with Gasteiger partial charge in [0.15, 0.2) is 0 Å². The number of carbonyl (C=O) groups excluding carboxylic acids is 5. The molecule has 4 N–H and O–H groups in total. The highest BCUT2D eigenvalue weighted by molar-refractivity contribution is 6.07. The van der Waals surface area contributed by atoms with Gasteiger partial charge in [0, 0.05) is 11.1 Å². The number of halogens is 3. The highest BCUT2D eigenvalue weighted by atomic mass is 19.4. The number of alkyl halides is 3. The van der Waals surface area contributed by atoms with Gasteiger partial charge in [-0.1, -0.05) is 27.7 Å². The van der Waals surface area contributed by atoms with E-state index < -0.39 is 78.1 Å². The highest BCUT2D eigenvalue weighted by Gasteiger charge is 2.51. The number of hydrogen-bond donors (Lipinski definition) is 4. The molecule has 0 spiro atoms. The summed E-state index contributed by atoms with van der Waals surface area (Å²) in [4.78, 5) is 75.5. The Morgan fingerprint density at radius 2 is 1.52 bits per heavy atom. The van der Waals surface area contributed by atoms with E-state index in [1.165, 1.54) is 52.0 Å². The molecule has 14 heteroatoms. The number of nitrogens with one attached hydrogen (secondary N) is 3. The number of hydrogen-bond acceptors (Lipinski definition) is 7. The summed E-state index contributed by atoms with van der Waals surface area (Å²) in [5.41, 5.74) is 0.0379. The number of carbonyl (C=O) groups is 6. The molecule has 40 heavy (non-hydrogen) atoms. The van der Waals surface area contributed by atoms with Crippen molar-refractivity contribution in [3.8, 4) is 0 Å². The van der Waals surface area contributed by atoms with E-state index in [0.29, 0.717) is 17.9 Å². The van der Waals surface area contributed by atoms with Gasteiger partial charge in [-0.3, -0.25) is 33.7 Å². The molecule has 1 heterocycles. The SMILES string of the molecule is CC(C)C(C(=O)C(F)(F)F)N(C(=O)[C@@H]1CCCN1)C(=O)[C@@H](NC(=O)c1ccc(C(=O)NCC(=O)O)cc1)C(C)C. The second-order valence-corrected chi connectivity index (χ2v) is 10.1. The predicted octanol–water partition coefficient (Wildman–Crippen LogP) is 1.52. The van der Waals surface area contributed by atoms with Gasteiger partial charge in [0.1, 0.15) is 18.6 Å². The summed E-state index contributed by atoms with van der Waals surface area (Å²) in [7, 11) is 0. The Kier molecular flexibility index (Phi) is 10.9. The monoisotopic (exact) mass is 570 g/mol. The van der Waals surface area contributed by atoms with E-state index in [1.54, 1.807) is 0 Å². The van der Waals surface area contributed by atoms with Gasteiger partial charge >= 0.3 is 12.1 Å². The first-order valence-corrected chi connectivity index (χ1v) is 12.7. The Hall–Kier alpha value is -3.81. The van der Waals surface area contributed by atoms with Crippen LogP contribution in [0.3, 0.4) is 0 Å². The lowest BCUT2D eigenvalue weighted by Crippen LogP contribution is -2.63. The largest absolute Gasteiger partial charge is 0.480 e. The number of amides is 4. The second-order valence-electron chi connectivity index (χ2n) is 10.1. The van der Waals surface area contributed by atoms with Crippen LogP contribution in [0.25, 0.3) is 0 Å². The van der Waals surface area contributed by atoms with Crippen molar-refractivity contribution >= 4 is 35.4 Å².